The number of aryl methyl sites for hydroxylation is 1. The third kappa shape index (κ3) is 4.37. The molecule has 61 heavy (non-hydrogen) atoms. The van der Waals surface area contributed by atoms with E-state index in [4.69, 9.17) is 0 Å². The van der Waals surface area contributed by atoms with E-state index < -0.39 is 0 Å². The van der Waals surface area contributed by atoms with Crippen LogP contribution in [0.2, 0.25) is 0 Å². The van der Waals surface area contributed by atoms with Crippen LogP contribution in [0.15, 0.2) is 164 Å². The van der Waals surface area contributed by atoms with Gasteiger partial charge in [-0.05, 0) is 150 Å². The Kier molecular flexibility index (Phi) is 6.69. The maximum atomic E-state index is 4.35. The summed E-state index contributed by atoms with van der Waals surface area (Å²) in [6.07, 6.45) is 2.03. The molecule has 0 saturated heterocycles. The Balaban J connectivity index is 1.03. The lowest BCUT2D eigenvalue weighted by Crippen LogP contribution is -2.15. The molecule has 2 nitrogen and oxygen atoms in total. The molecule has 0 N–H and O–H groups in total. The molecule has 2 aromatic heterocycles. The van der Waals surface area contributed by atoms with Crippen LogP contribution in [0.5, 0.6) is 0 Å². The van der Waals surface area contributed by atoms with Crippen molar-refractivity contribution in [3.8, 4) is 33.6 Å². The van der Waals surface area contributed by atoms with Crippen molar-refractivity contribution in [1.29, 1.82) is 0 Å². The third-order valence-electron chi connectivity index (χ3n) is 14.9. The summed E-state index contributed by atoms with van der Waals surface area (Å²) in [5, 5.41) is 11.4. The lowest BCUT2D eigenvalue weighted by atomic mass is 9.82. The molecular weight excluding hydrogens is 737 g/mol. The highest BCUT2D eigenvalue weighted by Crippen LogP contribution is 2.53. The Labute approximate surface area is 355 Å². The number of fused-ring (bicyclic) bond motifs is 16. The largest absolute Gasteiger partial charge is 0.310 e. The van der Waals surface area contributed by atoms with E-state index in [9.17, 15) is 0 Å². The highest BCUT2D eigenvalue weighted by atomic mass is 15.0. The van der Waals surface area contributed by atoms with Crippen LogP contribution in [0.4, 0.5) is 0 Å². The van der Waals surface area contributed by atoms with Gasteiger partial charge in [-0.1, -0.05) is 137 Å². The van der Waals surface area contributed by atoms with Crippen LogP contribution in [-0.2, 0) is 10.8 Å². The molecule has 2 heteroatoms. The van der Waals surface area contributed by atoms with E-state index >= 15 is 0 Å². The topological polar surface area (TPSA) is 9.86 Å². The number of nitrogens with zero attached hydrogens (tertiary/aromatic N) is 2. The van der Waals surface area contributed by atoms with Crippen LogP contribution in [0.25, 0.3) is 105 Å². The number of hydrogen-bond donors (Lipinski definition) is 0. The molecule has 0 saturated carbocycles. The van der Waals surface area contributed by atoms with E-state index in [2.05, 4.69) is 208 Å². The van der Waals surface area contributed by atoms with Crippen molar-refractivity contribution >= 4 is 71.1 Å². The SMILES string of the molecule is C=Cc1c(C)c2cc3c(cc2n1-c1ccc2c4ccc(-n5c6ccccc6c6cc7c(cc65)C(C)(C)c5ccccc5-7)cc4c4ccccc4c2c1)C(C)(C)c1ccccc1-3. The van der Waals surface area contributed by atoms with E-state index in [1.807, 2.05) is 6.08 Å². The van der Waals surface area contributed by atoms with Gasteiger partial charge in [0.25, 0.3) is 0 Å². The molecule has 11 aromatic rings. The maximum absolute atomic E-state index is 4.35. The Morgan fingerprint density at radius 2 is 0.836 bits per heavy atom. The number of benzene rings is 9. The van der Waals surface area contributed by atoms with Crippen LogP contribution in [0.3, 0.4) is 0 Å². The fourth-order valence-electron chi connectivity index (χ4n) is 11.8. The molecular formula is C59H44N2. The third-order valence-corrected chi connectivity index (χ3v) is 14.9. The minimum absolute atomic E-state index is 0.0840. The number of rotatable bonds is 3. The molecule has 13 rings (SSSR count). The Morgan fingerprint density at radius 3 is 1.41 bits per heavy atom. The standard InChI is InChI=1S/C59H44N2/c1-7-54-34(2)44-30-47-41-18-10-13-21-50(41)58(3,4)52(47)32-56(44)60(54)35-24-26-39-40-27-25-36(29-46(40)38-17-9-8-16-37(38)45(39)28-35)61-55-23-15-12-20-43(55)49-31-48-42-19-11-14-22-51(42)59(5,6)53(48)33-57(49)61/h7-33H,1H2,2-6H3. The van der Waals surface area contributed by atoms with Crippen LogP contribution in [-0.4, -0.2) is 9.13 Å². The van der Waals surface area contributed by atoms with Crippen LogP contribution >= 0.6 is 0 Å². The van der Waals surface area contributed by atoms with Gasteiger partial charge in [0.2, 0.25) is 0 Å². The fraction of sp³-hybridized carbons (Fsp3) is 0.119. The normalized spacial score (nSPS) is 14.6. The molecule has 0 fully saturated rings. The van der Waals surface area contributed by atoms with Crippen molar-refractivity contribution in [2.45, 2.75) is 45.4 Å². The van der Waals surface area contributed by atoms with E-state index in [1.54, 1.807) is 0 Å². The lowest BCUT2D eigenvalue weighted by Gasteiger charge is -2.22. The van der Waals surface area contributed by atoms with E-state index in [1.165, 1.54) is 121 Å². The van der Waals surface area contributed by atoms with E-state index in [0.717, 1.165) is 11.4 Å². The van der Waals surface area contributed by atoms with Gasteiger partial charge < -0.3 is 9.13 Å². The lowest BCUT2D eigenvalue weighted by molar-refractivity contribution is 0.661. The smallest absolute Gasteiger partial charge is 0.0544 e. The summed E-state index contributed by atoms with van der Waals surface area (Å²) in [4.78, 5) is 0. The minimum Gasteiger partial charge on any atom is -0.310 e. The molecule has 0 aliphatic heterocycles. The first kappa shape index (κ1) is 34.7. The summed E-state index contributed by atoms with van der Waals surface area (Å²) in [6, 6.07) is 59.8. The van der Waals surface area contributed by atoms with E-state index in [0.29, 0.717) is 0 Å². The first-order valence-corrected chi connectivity index (χ1v) is 21.6. The molecule has 0 atom stereocenters. The van der Waals surface area contributed by atoms with Crippen molar-refractivity contribution in [3.63, 3.8) is 0 Å². The highest BCUT2D eigenvalue weighted by molar-refractivity contribution is 6.26. The van der Waals surface area contributed by atoms with Crippen LogP contribution < -0.4 is 0 Å². The second-order valence-electron chi connectivity index (χ2n) is 18.6. The van der Waals surface area contributed by atoms with Gasteiger partial charge in [-0.15, -0.1) is 0 Å². The second-order valence-corrected chi connectivity index (χ2v) is 18.6. The highest BCUT2D eigenvalue weighted by Gasteiger charge is 2.37. The van der Waals surface area contributed by atoms with Gasteiger partial charge in [0.15, 0.2) is 0 Å². The van der Waals surface area contributed by atoms with Crippen molar-refractivity contribution < 1.29 is 0 Å². The molecule has 2 aliphatic rings. The molecule has 2 aliphatic carbocycles. The van der Waals surface area contributed by atoms with Gasteiger partial charge in [0.1, 0.15) is 0 Å². The Bertz CT molecular complexity index is 3770. The Morgan fingerprint density at radius 1 is 0.377 bits per heavy atom. The zero-order chi connectivity index (χ0) is 41.1. The fourth-order valence-corrected chi connectivity index (χ4v) is 11.8. The molecule has 0 amide bonds. The number of hydrogen-bond acceptors (Lipinski definition) is 0. The monoisotopic (exact) mass is 780 g/mol. The Hall–Kier alpha value is -7.16. The maximum Gasteiger partial charge on any atom is 0.0544 e. The second kappa shape index (κ2) is 11.8. The van der Waals surface area contributed by atoms with Gasteiger partial charge in [-0.25, -0.2) is 0 Å². The molecule has 0 unspecified atom stereocenters. The molecule has 0 radical (unpaired) electrons. The summed E-state index contributed by atoms with van der Waals surface area (Å²) in [6.45, 7) is 16.1. The summed E-state index contributed by atoms with van der Waals surface area (Å²) in [7, 11) is 0. The summed E-state index contributed by atoms with van der Waals surface area (Å²) in [5.41, 5.74) is 19.2. The first-order valence-electron chi connectivity index (χ1n) is 21.6. The van der Waals surface area contributed by atoms with Crippen LogP contribution in [0.1, 0.15) is 61.2 Å². The van der Waals surface area contributed by atoms with Crippen molar-refractivity contribution in [3.05, 3.63) is 198 Å². The zero-order valence-corrected chi connectivity index (χ0v) is 35.2. The van der Waals surface area contributed by atoms with E-state index in [-0.39, 0.29) is 10.8 Å². The minimum atomic E-state index is -0.0868. The summed E-state index contributed by atoms with van der Waals surface area (Å²) < 4.78 is 4.94. The predicted octanol–water partition coefficient (Wildman–Crippen LogP) is 15.8. The summed E-state index contributed by atoms with van der Waals surface area (Å²) >= 11 is 0. The first-order chi connectivity index (χ1) is 29.6. The van der Waals surface area contributed by atoms with Crippen molar-refractivity contribution in [1.82, 2.24) is 9.13 Å². The number of aromatic nitrogens is 2. The predicted molar refractivity (Wildman–Crippen MR) is 260 cm³/mol. The zero-order valence-electron chi connectivity index (χ0n) is 35.2. The van der Waals surface area contributed by atoms with Crippen molar-refractivity contribution in [2.24, 2.45) is 0 Å². The number of para-hydroxylation sites is 1. The van der Waals surface area contributed by atoms with Gasteiger partial charge in [0.05, 0.1) is 16.6 Å². The molecule has 2 heterocycles. The summed E-state index contributed by atoms with van der Waals surface area (Å²) in [5.74, 6) is 0. The molecule has 9 aromatic carbocycles. The van der Waals surface area contributed by atoms with Crippen molar-refractivity contribution in [2.75, 3.05) is 0 Å². The molecule has 290 valence electrons. The van der Waals surface area contributed by atoms with Gasteiger partial charge in [-0.2, -0.15) is 0 Å². The average molecular weight is 781 g/mol. The van der Waals surface area contributed by atoms with Crippen LogP contribution in [0, 0.1) is 6.92 Å². The quantitative estimate of drug-likeness (QED) is 0.158. The molecule has 0 bridgehead atoms. The van der Waals surface area contributed by atoms with Gasteiger partial charge >= 0.3 is 0 Å². The van der Waals surface area contributed by atoms with Gasteiger partial charge in [0, 0.05) is 44.1 Å². The average Bonchev–Trinajstić information content (AvgIpc) is 3.92. The van der Waals surface area contributed by atoms with Gasteiger partial charge in [-0.3, -0.25) is 0 Å². The molecule has 0 spiro atoms.